The second kappa shape index (κ2) is 14.4. The van der Waals surface area contributed by atoms with Crippen molar-refractivity contribution in [3.8, 4) is 11.8 Å². The Kier molecular flexibility index (Phi) is 10.5. The number of esters is 2. The molecule has 2 aromatic heterocycles. The van der Waals surface area contributed by atoms with Crippen LogP contribution >= 0.6 is 7.75 Å². The molecule has 0 radical (unpaired) electrons. The summed E-state index contributed by atoms with van der Waals surface area (Å²) >= 11 is 0. The number of carbonyl (C=O) groups is 2. The summed E-state index contributed by atoms with van der Waals surface area (Å²) in [6.07, 6.45) is 0.954. The minimum atomic E-state index is -4.48. The standard InChI is InChI=1S/C31H39N6O9P/c1-19(2)29(39)44-27-25(38)26(23-14-15-24-28(33)34-18-35-37(23)24)45-31(27,16-32)17-42-47(41,46-22-12-8-5-9-13-22)36-20(3)30(40)43-21-10-6-4-7-11-21/h5,8-9,12-15,18-21,25-27,38H,4,6-7,10-11,17H2,1-3H3,(H,36,41)(H2,33,34,35)/t20-,25-,26-,27-,31+,47-/m0/s1. The number of anilines is 1. The molecule has 15 nitrogen and oxygen atoms in total. The molecule has 0 spiro atoms. The SMILES string of the molecule is CC(C)C(=O)O[C@H]1[C@@H](O)[C@H](c2ccc3c(N)ncnn23)O[C@]1(C#N)CO[P@@](=O)(N[C@@H](C)C(=O)OC1CCCCC1)Oc1ccccc1. The third-order valence-corrected chi connectivity index (χ3v) is 9.71. The van der Waals surface area contributed by atoms with Crippen LogP contribution in [-0.4, -0.2) is 68.2 Å². The van der Waals surface area contributed by atoms with Gasteiger partial charge >= 0.3 is 19.7 Å². The number of para-hydroxylation sites is 1. The first-order chi connectivity index (χ1) is 22.4. The third-order valence-electron chi connectivity index (χ3n) is 8.08. The van der Waals surface area contributed by atoms with Crippen LogP contribution in [0.1, 0.15) is 64.7 Å². The lowest BCUT2D eigenvalue weighted by Gasteiger charge is -2.30. The number of fused-ring (bicyclic) bond motifs is 1. The van der Waals surface area contributed by atoms with Crippen LogP contribution in [0, 0.1) is 17.2 Å². The van der Waals surface area contributed by atoms with Gasteiger partial charge in [0, 0.05) is 0 Å². The Balaban J connectivity index is 1.44. The van der Waals surface area contributed by atoms with Crippen LogP contribution in [0.3, 0.4) is 0 Å². The van der Waals surface area contributed by atoms with E-state index in [9.17, 15) is 24.5 Å². The number of ether oxygens (including phenoxy) is 3. The first-order valence-electron chi connectivity index (χ1n) is 15.5. The predicted molar refractivity (Wildman–Crippen MR) is 166 cm³/mol. The molecular formula is C31H39N6O9P. The van der Waals surface area contributed by atoms with Crippen molar-refractivity contribution in [3.63, 3.8) is 0 Å². The second-order valence-corrected chi connectivity index (χ2v) is 13.7. The number of hydrogen-bond donors (Lipinski definition) is 3. The molecule has 0 bridgehead atoms. The molecule has 1 saturated carbocycles. The number of hydrogen-bond acceptors (Lipinski definition) is 13. The smallest absolute Gasteiger partial charge is 0.459 e. The first kappa shape index (κ1) is 34.3. The highest BCUT2D eigenvalue weighted by molar-refractivity contribution is 7.52. The molecule has 4 N–H and O–H groups in total. The van der Waals surface area contributed by atoms with Crippen molar-refractivity contribution in [2.75, 3.05) is 12.3 Å². The number of nitrogen functional groups attached to an aromatic ring is 1. The van der Waals surface area contributed by atoms with Crippen LogP contribution in [0.2, 0.25) is 0 Å². The minimum absolute atomic E-state index is 0.146. The number of aliphatic hydroxyl groups excluding tert-OH is 1. The summed E-state index contributed by atoms with van der Waals surface area (Å²) in [4.78, 5) is 29.8. The Hall–Kier alpha value is -4.06. The van der Waals surface area contributed by atoms with Crippen molar-refractivity contribution in [3.05, 3.63) is 54.5 Å². The summed E-state index contributed by atoms with van der Waals surface area (Å²) in [5.74, 6) is -1.68. The lowest BCUT2D eigenvalue weighted by Crippen LogP contribution is -2.49. The highest BCUT2D eigenvalue weighted by Gasteiger charge is 2.60. The Bertz CT molecular complexity index is 1660. The topological polar surface area (TPSA) is 210 Å². The van der Waals surface area contributed by atoms with Gasteiger partial charge in [-0.1, -0.05) is 38.5 Å². The Morgan fingerprint density at radius 3 is 2.55 bits per heavy atom. The number of rotatable bonds is 12. The fraction of sp³-hybridized carbons (Fsp3) is 0.516. The zero-order valence-electron chi connectivity index (χ0n) is 26.4. The highest BCUT2D eigenvalue weighted by atomic mass is 31.2. The number of aliphatic hydroxyl groups is 1. The molecule has 0 amide bonds. The minimum Gasteiger partial charge on any atom is -0.461 e. The summed E-state index contributed by atoms with van der Waals surface area (Å²) in [5, 5.41) is 28.8. The van der Waals surface area contributed by atoms with Crippen LogP contribution in [0.25, 0.3) is 5.52 Å². The van der Waals surface area contributed by atoms with E-state index in [1.54, 1.807) is 44.2 Å². The molecule has 16 heteroatoms. The average molecular weight is 671 g/mol. The van der Waals surface area contributed by atoms with Gasteiger partial charge in [0.25, 0.3) is 0 Å². The monoisotopic (exact) mass is 670 g/mol. The van der Waals surface area contributed by atoms with Crippen LogP contribution in [0.4, 0.5) is 5.82 Å². The fourth-order valence-corrected chi connectivity index (χ4v) is 7.04. The van der Waals surface area contributed by atoms with Gasteiger partial charge in [-0.15, -0.1) is 0 Å². The number of nitrogens with two attached hydrogens (primary N) is 1. The summed E-state index contributed by atoms with van der Waals surface area (Å²) in [6.45, 7) is 3.83. The van der Waals surface area contributed by atoms with Crippen LogP contribution in [0.5, 0.6) is 5.75 Å². The van der Waals surface area contributed by atoms with E-state index in [4.69, 9.17) is 29.0 Å². The Morgan fingerprint density at radius 2 is 1.87 bits per heavy atom. The first-order valence-corrected chi connectivity index (χ1v) is 17.0. The largest absolute Gasteiger partial charge is 0.461 e. The van der Waals surface area contributed by atoms with E-state index in [-0.39, 0.29) is 23.4 Å². The van der Waals surface area contributed by atoms with Crippen LogP contribution in [-0.2, 0) is 32.9 Å². The highest BCUT2D eigenvalue weighted by Crippen LogP contribution is 2.49. The van der Waals surface area contributed by atoms with Crippen LogP contribution in [0.15, 0.2) is 48.8 Å². The summed E-state index contributed by atoms with van der Waals surface area (Å²) in [7, 11) is -4.48. The van der Waals surface area contributed by atoms with Crippen molar-refractivity contribution >= 4 is 31.0 Å². The van der Waals surface area contributed by atoms with Crippen molar-refractivity contribution in [2.45, 2.75) is 88.9 Å². The Morgan fingerprint density at radius 1 is 1.15 bits per heavy atom. The van der Waals surface area contributed by atoms with Gasteiger partial charge in [0.15, 0.2) is 11.9 Å². The van der Waals surface area contributed by atoms with Crippen molar-refractivity contribution in [1.29, 1.82) is 5.26 Å². The van der Waals surface area contributed by atoms with Gasteiger partial charge in [-0.25, -0.2) is 14.1 Å². The molecule has 5 rings (SSSR count). The number of carbonyl (C=O) groups excluding carboxylic acids is 2. The summed E-state index contributed by atoms with van der Waals surface area (Å²) < 4.78 is 44.7. The van der Waals surface area contributed by atoms with E-state index >= 15 is 0 Å². The molecule has 1 saturated heterocycles. The molecule has 3 aromatic rings. The van der Waals surface area contributed by atoms with Gasteiger partial charge in [-0.3, -0.25) is 14.1 Å². The lowest BCUT2D eigenvalue weighted by atomic mass is 9.95. The zero-order valence-corrected chi connectivity index (χ0v) is 27.2. The average Bonchev–Trinajstić information content (AvgIpc) is 3.60. The van der Waals surface area contributed by atoms with Gasteiger partial charge in [-0.2, -0.15) is 15.4 Å². The number of benzene rings is 1. The van der Waals surface area contributed by atoms with Crippen LogP contribution < -0.4 is 15.3 Å². The van der Waals surface area contributed by atoms with E-state index in [1.807, 2.05) is 6.07 Å². The molecule has 6 atom stereocenters. The number of nitriles is 1. The molecule has 0 unspecified atom stereocenters. The van der Waals surface area contributed by atoms with E-state index in [0.717, 1.165) is 32.1 Å². The number of nitrogens with zero attached hydrogens (tertiary/aromatic N) is 4. The molecule has 1 aliphatic heterocycles. The second-order valence-electron chi connectivity index (χ2n) is 12.0. The lowest BCUT2D eigenvalue weighted by molar-refractivity contribution is -0.164. The number of nitrogens with one attached hydrogen (secondary N) is 1. The maximum Gasteiger partial charge on any atom is 0.459 e. The molecule has 47 heavy (non-hydrogen) atoms. The molecular weight excluding hydrogens is 631 g/mol. The molecule has 1 aliphatic carbocycles. The van der Waals surface area contributed by atoms with Gasteiger partial charge < -0.3 is 29.6 Å². The Labute approximate surface area is 271 Å². The van der Waals surface area contributed by atoms with E-state index in [2.05, 4.69) is 15.2 Å². The third kappa shape index (κ3) is 7.58. The van der Waals surface area contributed by atoms with Crippen molar-refractivity contribution in [2.24, 2.45) is 5.92 Å². The maximum absolute atomic E-state index is 14.3. The zero-order chi connectivity index (χ0) is 33.8. The van der Waals surface area contributed by atoms with Gasteiger partial charge in [0.1, 0.15) is 54.6 Å². The maximum atomic E-state index is 14.3. The van der Waals surface area contributed by atoms with E-state index < -0.39 is 62.2 Å². The summed E-state index contributed by atoms with van der Waals surface area (Å²) in [5.41, 5.74) is 4.48. The fourth-order valence-electron chi connectivity index (χ4n) is 5.52. The molecule has 3 heterocycles. The normalized spacial score (nSPS) is 25.1. The van der Waals surface area contributed by atoms with E-state index in [0.29, 0.717) is 5.52 Å². The predicted octanol–water partition coefficient (Wildman–Crippen LogP) is 3.63. The number of aromatic nitrogens is 3. The molecule has 2 aliphatic rings. The van der Waals surface area contributed by atoms with Gasteiger partial charge in [-0.05, 0) is 56.9 Å². The quantitative estimate of drug-likeness (QED) is 0.186. The van der Waals surface area contributed by atoms with Gasteiger partial charge in [0.05, 0.1) is 11.6 Å². The van der Waals surface area contributed by atoms with Crippen molar-refractivity contribution < 1.29 is 42.5 Å². The summed E-state index contributed by atoms with van der Waals surface area (Å²) in [6, 6.07) is 12.1. The molecule has 252 valence electrons. The van der Waals surface area contributed by atoms with Gasteiger partial charge in [0.2, 0.25) is 5.60 Å². The molecule has 2 fully saturated rings. The van der Waals surface area contributed by atoms with E-state index in [1.165, 1.54) is 29.9 Å². The molecule has 1 aromatic carbocycles. The van der Waals surface area contributed by atoms with Crippen molar-refractivity contribution in [1.82, 2.24) is 19.7 Å².